The van der Waals surface area contributed by atoms with E-state index in [2.05, 4.69) is 70.4 Å². The molecule has 0 aliphatic carbocycles. The molecule has 0 radical (unpaired) electrons. The van der Waals surface area contributed by atoms with Gasteiger partial charge in [-0.15, -0.1) is 0 Å². The van der Waals surface area contributed by atoms with Gasteiger partial charge in [-0.05, 0) is 37.4 Å². The fourth-order valence-electron chi connectivity index (χ4n) is 2.88. The first-order valence-corrected chi connectivity index (χ1v) is 8.27. The van der Waals surface area contributed by atoms with Crippen LogP contribution < -0.4 is 0 Å². The summed E-state index contributed by atoms with van der Waals surface area (Å²) in [4.78, 5) is 2.33. The van der Waals surface area contributed by atoms with Crippen molar-refractivity contribution in [1.82, 2.24) is 15.1 Å². The van der Waals surface area contributed by atoms with Crippen LogP contribution in [0, 0.1) is 11.8 Å². The molecule has 0 spiro atoms. The van der Waals surface area contributed by atoms with Crippen LogP contribution in [0.25, 0.3) is 5.57 Å². The average molecular weight is 305 g/mol. The van der Waals surface area contributed by atoms with Crippen molar-refractivity contribution in [3.8, 4) is 11.8 Å². The van der Waals surface area contributed by atoms with Crippen LogP contribution >= 0.6 is 0 Å². The van der Waals surface area contributed by atoms with E-state index >= 15 is 0 Å². The molecule has 0 fully saturated rings. The summed E-state index contributed by atoms with van der Waals surface area (Å²) >= 11 is 0. The van der Waals surface area contributed by atoms with Gasteiger partial charge in [0.25, 0.3) is 0 Å². The van der Waals surface area contributed by atoms with Gasteiger partial charge < -0.3 is 4.90 Å². The number of nitrogens with one attached hydrogen (secondary N) is 1. The summed E-state index contributed by atoms with van der Waals surface area (Å²) in [6.45, 7) is 2.09. The molecule has 23 heavy (non-hydrogen) atoms. The van der Waals surface area contributed by atoms with Gasteiger partial charge in [0.2, 0.25) is 0 Å². The monoisotopic (exact) mass is 305 g/mol. The lowest BCUT2D eigenvalue weighted by atomic mass is 10.0. The molecule has 0 bridgehead atoms. The van der Waals surface area contributed by atoms with Gasteiger partial charge in [0.15, 0.2) is 0 Å². The molecule has 1 aliphatic rings. The van der Waals surface area contributed by atoms with E-state index in [1.54, 1.807) is 0 Å². The molecule has 0 atom stereocenters. The molecule has 0 amide bonds. The Kier molecular flexibility index (Phi) is 5.29. The standard InChI is InChI=1S/C20H23N3/c1-23-14-8-13-19(16-23)20-18(15-21-22-20)12-7-3-6-11-17-9-4-2-5-10-17/h2,4-5,9-10,13,15H,3,6,8,11,14,16H2,1H3,(H,21,22). The van der Waals surface area contributed by atoms with Crippen molar-refractivity contribution >= 4 is 5.57 Å². The number of hydrogen-bond acceptors (Lipinski definition) is 2. The first-order chi connectivity index (χ1) is 11.3. The van der Waals surface area contributed by atoms with Crippen LogP contribution in [0.2, 0.25) is 0 Å². The third-order valence-corrected chi connectivity index (χ3v) is 4.14. The van der Waals surface area contributed by atoms with E-state index in [4.69, 9.17) is 0 Å². The predicted molar refractivity (Wildman–Crippen MR) is 94.9 cm³/mol. The van der Waals surface area contributed by atoms with Gasteiger partial charge in [-0.3, -0.25) is 5.10 Å². The highest BCUT2D eigenvalue weighted by molar-refractivity contribution is 5.69. The molecular formula is C20H23N3. The van der Waals surface area contributed by atoms with Crippen LogP contribution in [0.4, 0.5) is 0 Å². The molecule has 2 aromatic rings. The van der Waals surface area contributed by atoms with Crippen molar-refractivity contribution in [2.24, 2.45) is 0 Å². The predicted octanol–water partition coefficient (Wildman–Crippen LogP) is 3.50. The maximum Gasteiger partial charge on any atom is 0.0776 e. The highest BCUT2D eigenvalue weighted by Gasteiger charge is 2.14. The third kappa shape index (κ3) is 4.34. The molecule has 0 unspecified atom stereocenters. The average Bonchev–Trinajstić information content (AvgIpc) is 3.04. The smallest absolute Gasteiger partial charge is 0.0776 e. The zero-order valence-corrected chi connectivity index (χ0v) is 13.7. The fourth-order valence-corrected chi connectivity index (χ4v) is 2.88. The second-order valence-electron chi connectivity index (χ2n) is 6.06. The van der Waals surface area contributed by atoms with Crippen molar-refractivity contribution < 1.29 is 0 Å². The summed E-state index contributed by atoms with van der Waals surface area (Å²) in [7, 11) is 2.15. The summed E-state index contributed by atoms with van der Waals surface area (Å²) < 4.78 is 0. The van der Waals surface area contributed by atoms with Crippen LogP contribution in [0.1, 0.15) is 36.1 Å². The molecule has 1 aliphatic heterocycles. The molecule has 3 rings (SSSR count). The Morgan fingerprint density at radius 2 is 2.13 bits per heavy atom. The summed E-state index contributed by atoms with van der Waals surface area (Å²) in [5, 5.41) is 7.30. The number of benzene rings is 1. The number of likely N-dealkylation sites (N-methyl/N-ethyl adjacent to an activating group) is 1. The SMILES string of the molecule is CN1CCC=C(c2[nH]ncc2C#CCCCc2ccccc2)C1. The Hall–Kier alpha value is -2.31. The van der Waals surface area contributed by atoms with Crippen molar-refractivity contribution in [1.29, 1.82) is 0 Å². The van der Waals surface area contributed by atoms with Gasteiger partial charge in [0, 0.05) is 19.5 Å². The third-order valence-electron chi connectivity index (χ3n) is 4.14. The molecule has 1 aromatic heterocycles. The molecule has 0 saturated carbocycles. The van der Waals surface area contributed by atoms with Crippen LogP contribution in [0.15, 0.2) is 42.6 Å². The van der Waals surface area contributed by atoms with Crippen LogP contribution in [0.5, 0.6) is 0 Å². The fraction of sp³-hybridized carbons (Fsp3) is 0.350. The van der Waals surface area contributed by atoms with E-state index in [1.165, 1.54) is 11.1 Å². The van der Waals surface area contributed by atoms with E-state index in [0.717, 1.165) is 50.0 Å². The Balaban J connectivity index is 1.57. The minimum atomic E-state index is 0.915. The van der Waals surface area contributed by atoms with Gasteiger partial charge >= 0.3 is 0 Å². The normalized spacial score (nSPS) is 14.9. The van der Waals surface area contributed by atoms with Crippen molar-refractivity contribution in [3.05, 3.63) is 59.4 Å². The summed E-state index contributed by atoms with van der Waals surface area (Å²) in [5.41, 5.74) is 4.80. The zero-order valence-electron chi connectivity index (χ0n) is 13.7. The summed E-state index contributed by atoms with van der Waals surface area (Å²) in [5.74, 6) is 6.59. The number of aromatic nitrogens is 2. The summed E-state index contributed by atoms with van der Waals surface area (Å²) in [6, 6.07) is 10.6. The lowest BCUT2D eigenvalue weighted by molar-refractivity contribution is 0.372. The molecule has 1 aromatic carbocycles. The minimum Gasteiger partial charge on any atom is -0.302 e. The highest BCUT2D eigenvalue weighted by atomic mass is 15.1. The van der Waals surface area contributed by atoms with Crippen LogP contribution in [-0.4, -0.2) is 35.2 Å². The maximum atomic E-state index is 4.18. The van der Waals surface area contributed by atoms with E-state index < -0.39 is 0 Å². The van der Waals surface area contributed by atoms with Crippen molar-refractivity contribution in [2.45, 2.75) is 25.7 Å². The summed E-state index contributed by atoms with van der Waals surface area (Å²) in [6.07, 6.45) is 8.33. The Bertz CT molecular complexity index is 716. The molecule has 2 heterocycles. The topological polar surface area (TPSA) is 31.9 Å². The molecule has 3 nitrogen and oxygen atoms in total. The zero-order chi connectivity index (χ0) is 15.9. The van der Waals surface area contributed by atoms with E-state index in [9.17, 15) is 0 Å². The second kappa shape index (κ2) is 7.80. The van der Waals surface area contributed by atoms with Crippen LogP contribution in [0.3, 0.4) is 0 Å². The number of aromatic amines is 1. The maximum absolute atomic E-state index is 4.18. The number of rotatable bonds is 4. The second-order valence-corrected chi connectivity index (χ2v) is 6.06. The Morgan fingerprint density at radius 1 is 1.26 bits per heavy atom. The first-order valence-electron chi connectivity index (χ1n) is 8.27. The van der Waals surface area contributed by atoms with Gasteiger partial charge in [0.1, 0.15) is 0 Å². The van der Waals surface area contributed by atoms with Crippen molar-refractivity contribution in [3.63, 3.8) is 0 Å². The molecule has 1 N–H and O–H groups in total. The molecular weight excluding hydrogens is 282 g/mol. The van der Waals surface area contributed by atoms with E-state index in [0.29, 0.717) is 0 Å². The van der Waals surface area contributed by atoms with E-state index in [-0.39, 0.29) is 0 Å². The number of nitrogens with zero attached hydrogens (tertiary/aromatic N) is 2. The quantitative estimate of drug-likeness (QED) is 0.692. The largest absolute Gasteiger partial charge is 0.302 e. The van der Waals surface area contributed by atoms with Gasteiger partial charge in [-0.25, -0.2) is 0 Å². The number of hydrogen-bond donors (Lipinski definition) is 1. The number of aryl methyl sites for hydroxylation is 1. The molecule has 118 valence electrons. The molecule has 3 heteroatoms. The van der Waals surface area contributed by atoms with Gasteiger partial charge in [-0.1, -0.05) is 48.2 Å². The van der Waals surface area contributed by atoms with Crippen molar-refractivity contribution in [2.75, 3.05) is 20.1 Å². The Labute approximate surface area is 138 Å². The van der Waals surface area contributed by atoms with Gasteiger partial charge in [-0.2, -0.15) is 5.10 Å². The first kappa shape index (κ1) is 15.6. The minimum absolute atomic E-state index is 0.915. The Morgan fingerprint density at radius 3 is 2.96 bits per heavy atom. The lowest BCUT2D eigenvalue weighted by Gasteiger charge is -2.22. The number of H-pyrrole nitrogens is 1. The van der Waals surface area contributed by atoms with Gasteiger partial charge in [0.05, 0.1) is 17.5 Å². The lowest BCUT2D eigenvalue weighted by Crippen LogP contribution is -2.25. The van der Waals surface area contributed by atoms with E-state index in [1.807, 2.05) is 6.20 Å². The molecule has 0 saturated heterocycles. The number of unbranched alkanes of at least 4 members (excludes halogenated alkanes) is 1. The van der Waals surface area contributed by atoms with Crippen LogP contribution in [-0.2, 0) is 6.42 Å². The highest BCUT2D eigenvalue weighted by Crippen LogP contribution is 2.20.